The van der Waals surface area contributed by atoms with Crippen LogP contribution in [0.5, 0.6) is 5.75 Å². The molecular weight excluding hydrogens is 192 g/mol. The molecule has 0 amide bonds. The maximum Gasteiger partial charge on any atom is 0.337 e. The van der Waals surface area contributed by atoms with Crippen LogP contribution in [0.25, 0.3) is 0 Å². The largest absolute Gasteiger partial charge is 0.495 e. The molecule has 0 aromatic heterocycles. The molecule has 1 aromatic rings. The highest BCUT2D eigenvalue weighted by atomic mass is 35.5. The first-order chi connectivity index (χ1) is 6.07. The molecule has 0 saturated heterocycles. The van der Waals surface area contributed by atoms with Gasteiger partial charge in [-0.05, 0) is 18.6 Å². The monoisotopic (exact) mass is 200 g/mol. The number of hydrogen-bond donors (Lipinski definition) is 1. The molecule has 0 bridgehead atoms. The molecule has 70 valence electrons. The summed E-state index contributed by atoms with van der Waals surface area (Å²) in [4.78, 5) is 10.8. The number of hydrogen-bond acceptors (Lipinski definition) is 2. The van der Waals surface area contributed by atoms with Gasteiger partial charge in [-0.25, -0.2) is 4.79 Å². The smallest absolute Gasteiger partial charge is 0.337 e. The van der Waals surface area contributed by atoms with Crippen molar-refractivity contribution >= 4 is 17.6 Å². The number of halogens is 1. The molecular formula is C9H9ClO3. The second-order valence-corrected chi connectivity index (χ2v) is 2.96. The Morgan fingerprint density at radius 2 is 2.15 bits per heavy atom. The fraction of sp³-hybridized carbons (Fsp3) is 0.222. The van der Waals surface area contributed by atoms with Crippen LogP contribution in [-0.2, 0) is 0 Å². The minimum Gasteiger partial charge on any atom is -0.495 e. The number of methoxy groups -OCH3 is 1. The molecule has 0 aliphatic rings. The number of carboxylic acid groups (broad SMARTS) is 1. The fourth-order valence-corrected chi connectivity index (χ4v) is 1.44. The standard InChI is InChI=1S/C9H9ClO3/c1-5-3-4-6(13-2)8(10)7(5)9(11)12/h3-4H,1-2H3,(H,11,12). The van der Waals surface area contributed by atoms with Crippen LogP contribution in [0, 0.1) is 6.92 Å². The summed E-state index contributed by atoms with van der Waals surface area (Å²) in [6.45, 7) is 1.69. The van der Waals surface area contributed by atoms with Gasteiger partial charge >= 0.3 is 5.97 Å². The Morgan fingerprint density at radius 1 is 1.54 bits per heavy atom. The van der Waals surface area contributed by atoms with Gasteiger partial charge in [-0.3, -0.25) is 0 Å². The number of aryl methyl sites for hydroxylation is 1. The van der Waals surface area contributed by atoms with E-state index in [2.05, 4.69) is 0 Å². The molecule has 0 spiro atoms. The lowest BCUT2D eigenvalue weighted by molar-refractivity contribution is 0.0696. The van der Waals surface area contributed by atoms with E-state index in [1.165, 1.54) is 7.11 Å². The predicted molar refractivity (Wildman–Crippen MR) is 49.7 cm³/mol. The Balaban J connectivity index is 3.38. The Morgan fingerprint density at radius 3 is 2.62 bits per heavy atom. The van der Waals surface area contributed by atoms with E-state index in [0.717, 1.165) is 0 Å². The number of ether oxygens (including phenoxy) is 1. The van der Waals surface area contributed by atoms with Gasteiger partial charge in [0.05, 0.1) is 17.7 Å². The highest BCUT2D eigenvalue weighted by molar-refractivity contribution is 6.35. The van der Waals surface area contributed by atoms with Crippen molar-refractivity contribution in [2.24, 2.45) is 0 Å². The Labute approximate surface area is 80.9 Å². The lowest BCUT2D eigenvalue weighted by Gasteiger charge is -2.07. The molecule has 0 aliphatic carbocycles. The maximum absolute atomic E-state index is 10.8. The zero-order valence-electron chi connectivity index (χ0n) is 7.30. The number of aromatic carboxylic acids is 1. The van der Waals surface area contributed by atoms with Crippen LogP contribution < -0.4 is 4.74 Å². The van der Waals surface area contributed by atoms with Gasteiger partial charge in [0.15, 0.2) is 0 Å². The first kappa shape index (κ1) is 9.86. The van der Waals surface area contributed by atoms with Gasteiger partial charge < -0.3 is 9.84 Å². The molecule has 1 rings (SSSR count). The topological polar surface area (TPSA) is 46.5 Å². The average Bonchev–Trinajstić information content (AvgIpc) is 2.04. The van der Waals surface area contributed by atoms with Gasteiger partial charge in [0, 0.05) is 0 Å². The van der Waals surface area contributed by atoms with Gasteiger partial charge in [-0.1, -0.05) is 17.7 Å². The average molecular weight is 201 g/mol. The van der Waals surface area contributed by atoms with E-state index in [0.29, 0.717) is 11.3 Å². The van der Waals surface area contributed by atoms with Crippen molar-refractivity contribution in [2.75, 3.05) is 7.11 Å². The first-order valence-corrected chi connectivity index (χ1v) is 4.02. The van der Waals surface area contributed by atoms with Gasteiger partial charge in [-0.15, -0.1) is 0 Å². The summed E-state index contributed by atoms with van der Waals surface area (Å²) in [5, 5.41) is 8.97. The maximum atomic E-state index is 10.8. The minimum atomic E-state index is -1.04. The van der Waals surface area contributed by atoms with Gasteiger partial charge in [0.1, 0.15) is 5.75 Å². The van der Waals surface area contributed by atoms with Crippen molar-refractivity contribution in [3.05, 3.63) is 28.3 Å². The van der Waals surface area contributed by atoms with E-state index in [1.54, 1.807) is 19.1 Å². The summed E-state index contributed by atoms with van der Waals surface area (Å²) in [6, 6.07) is 3.30. The first-order valence-electron chi connectivity index (χ1n) is 3.64. The molecule has 13 heavy (non-hydrogen) atoms. The molecule has 4 heteroatoms. The molecule has 0 fully saturated rings. The molecule has 1 aromatic carbocycles. The number of carbonyl (C=O) groups is 1. The van der Waals surface area contributed by atoms with Crippen molar-refractivity contribution in [3.63, 3.8) is 0 Å². The van der Waals surface area contributed by atoms with Gasteiger partial charge in [0.25, 0.3) is 0 Å². The third-order valence-electron chi connectivity index (χ3n) is 1.75. The van der Waals surface area contributed by atoms with Gasteiger partial charge in [-0.2, -0.15) is 0 Å². The summed E-state index contributed by atoms with van der Waals surface area (Å²) in [5.74, 6) is -0.661. The highest BCUT2D eigenvalue weighted by Crippen LogP contribution is 2.30. The number of rotatable bonds is 2. The number of benzene rings is 1. The zero-order chi connectivity index (χ0) is 10.0. The van der Waals surface area contributed by atoms with E-state index in [4.69, 9.17) is 21.4 Å². The molecule has 0 aliphatic heterocycles. The van der Waals surface area contributed by atoms with E-state index in [-0.39, 0.29) is 10.6 Å². The lowest BCUT2D eigenvalue weighted by atomic mass is 10.1. The second kappa shape index (κ2) is 3.66. The highest BCUT2D eigenvalue weighted by Gasteiger charge is 2.15. The molecule has 1 N–H and O–H groups in total. The van der Waals surface area contributed by atoms with Crippen LogP contribution in [0.1, 0.15) is 15.9 Å². The van der Waals surface area contributed by atoms with Crippen LogP contribution in [0.2, 0.25) is 5.02 Å². The quantitative estimate of drug-likeness (QED) is 0.797. The summed E-state index contributed by atoms with van der Waals surface area (Å²) >= 11 is 5.80. The van der Waals surface area contributed by atoms with Crippen molar-refractivity contribution in [2.45, 2.75) is 6.92 Å². The molecule has 0 unspecified atom stereocenters. The summed E-state index contributed by atoms with van der Waals surface area (Å²) in [7, 11) is 1.45. The van der Waals surface area contributed by atoms with Gasteiger partial charge in [0.2, 0.25) is 0 Å². The van der Waals surface area contributed by atoms with Crippen molar-refractivity contribution in [1.29, 1.82) is 0 Å². The molecule has 0 heterocycles. The van der Waals surface area contributed by atoms with Crippen LogP contribution in [0.4, 0.5) is 0 Å². The van der Waals surface area contributed by atoms with Crippen LogP contribution in [0.3, 0.4) is 0 Å². The fourth-order valence-electron chi connectivity index (χ4n) is 1.07. The second-order valence-electron chi connectivity index (χ2n) is 2.58. The Kier molecular flexibility index (Phi) is 2.78. The molecule has 0 radical (unpaired) electrons. The molecule has 3 nitrogen and oxygen atoms in total. The van der Waals surface area contributed by atoms with Crippen LogP contribution in [0.15, 0.2) is 12.1 Å². The van der Waals surface area contributed by atoms with E-state index >= 15 is 0 Å². The van der Waals surface area contributed by atoms with E-state index < -0.39 is 5.97 Å². The number of carboxylic acids is 1. The van der Waals surface area contributed by atoms with Crippen molar-refractivity contribution < 1.29 is 14.6 Å². The Hall–Kier alpha value is -1.22. The van der Waals surface area contributed by atoms with Crippen LogP contribution in [-0.4, -0.2) is 18.2 Å². The summed E-state index contributed by atoms with van der Waals surface area (Å²) < 4.78 is 4.90. The van der Waals surface area contributed by atoms with E-state index in [1.807, 2.05) is 0 Å². The molecule has 0 saturated carbocycles. The van der Waals surface area contributed by atoms with Crippen LogP contribution >= 0.6 is 11.6 Å². The summed E-state index contributed by atoms with van der Waals surface area (Å²) in [5.41, 5.74) is 0.722. The SMILES string of the molecule is COc1ccc(C)c(C(=O)O)c1Cl. The lowest BCUT2D eigenvalue weighted by Crippen LogP contribution is -2.02. The normalized spacial score (nSPS) is 9.77. The van der Waals surface area contributed by atoms with Crippen molar-refractivity contribution in [1.82, 2.24) is 0 Å². The van der Waals surface area contributed by atoms with E-state index in [9.17, 15) is 4.79 Å². The zero-order valence-corrected chi connectivity index (χ0v) is 8.05. The predicted octanol–water partition coefficient (Wildman–Crippen LogP) is 2.36. The molecule has 0 atom stereocenters. The Bertz CT molecular complexity index is 347. The summed E-state index contributed by atoms with van der Waals surface area (Å²) in [6.07, 6.45) is 0. The minimum absolute atomic E-state index is 0.0982. The third-order valence-corrected chi connectivity index (χ3v) is 2.12. The van der Waals surface area contributed by atoms with Crippen molar-refractivity contribution in [3.8, 4) is 5.75 Å². The third kappa shape index (κ3) is 1.75.